The Morgan fingerprint density at radius 3 is 2.32 bits per heavy atom. The third kappa shape index (κ3) is 9.02. The Balaban J connectivity index is 0. The molecule has 1 heterocycles. The quantitative estimate of drug-likeness (QED) is 0.783. The summed E-state index contributed by atoms with van der Waals surface area (Å²) in [6, 6.07) is 0.364. The molecular weight excluding hydrogens is 242 g/mol. The number of aromatic amines is 2. The molecule has 0 bridgehead atoms. The summed E-state index contributed by atoms with van der Waals surface area (Å²) in [6.45, 7) is 10.0. The zero-order valence-corrected chi connectivity index (χ0v) is 12.8. The summed E-state index contributed by atoms with van der Waals surface area (Å²) in [5.74, 6) is 0. The van der Waals surface area contributed by atoms with Gasteiger partial charge in [0.15, 0.2) is 0 Å². The Kier molecular flexibility index (Phi) is 13.3. The molecule has 0 saturated heterocycles. The summed E-state index contributed by atoms with van der Waals surface area (Å²) in [7, 11) is 1.88. The highest BCUT2D eigenvalue weighted by molar-refractivity contribution is 5.45. The summed E-state index contributed by atoms with van der Waals surface area (Å²) < 4.78 is 0. The van der Waals surface area contributed by atoms with E-state index in [-0.39, 0.29) is 5.56 Å². The maximum atomic E-state index is 11.2. The Labute approximate surface area is 115 Å². The van der Waals surface area contributed by atoms with Crippen molar-refractivity contribution >= 4 is 6.08 Å². The minimum atomic E-state index is -0.485. The molecule has 3 N–H and O–H groups in total. The van der Waals surface area contributed by atoms with Crippen LogP contribution in [-0.2, 0) is 0 Å². The van der Waals surface area contributed by atoms with E-state index in [1.165, 1.54) is 6.20 Å². The van der Waals surface area contributed by atoms with Crippen LogP contribution in [0.2, 0.25) is 0 Å². The van der Waals surface area contributed by atoms with E-state index >= 15 is 0 Å². The van der Waals surface area contributed by atoms with E-state index < -0.39 is 5.69 Å². The molecule has 1 aromatic heterocycles. The highest BCUT2D eigenvalue weighted by Gasteiger charge is 1.96. The van der Waals surface area contributed by atoms with Crippen molar-refractivity contribution in [1.82, 2.24) is 15.3 Å². The van der Waals surface area contributed by atoms with Crippen LogP contribution in [0, 0.1) is 0 Å². The van der Waals surface area contributed by atoms with E-state index in [2.05, 4.69) is 15.3 Å². The van der Waals surface area contributed by atoms with Gasteiger partial charge in [-0.3, -0.25) is 9.78 Å². The first-order valence-corrected chi connectivity index (χ1v) is 6.79. The summed E-state index contributed by atoms with van der Waals surface area (Å²) in [5.41, 5.74) is -0.397. The molecule has 0 spiro atoms. The number of hydrogen-bond donors (Lipinski definition) is 3. The minimum Gasteiger partial charge on any atom is -0.317 e. The highest BCUT2D eigenvalue weighted by Crippen LogP contribution is 1.95. The number of hydrogen-bond acceptors (Lipinski definition) is 3. The van der Waals surface area contributed by atoms with Crippen LogP contribution in [0.3, 0.4) is 0 Å². The van der Waals surface area contributed by atoms with Gasteiger partial charge in [0.25, 0.3) is 5.56 Å². The third-order valence-electron chi connectivity index (χ3n) is 2.13. The van der Waals surface area contributed by atoms with Crippen LogP contribution in [0.5, 0.6) is 0 Å². The van der Waals surface area contributed by atoms with Crippen molar-refractivity contribution in [2.24, 2.45) is 0 Å². The number of aromatic nitrogens is 2. The fourth-order valence-electron chi connectivity index (χ4n) is 1.06. The lowest BCUT2D eigenvalue weighted by Crippen LogP contribution is -2.23. The lowest BCUT2D eigenvalue weighted by molar-refractivity contribution is 0.621. The van der Waals surface area contributed by atoms with Crippen molar-refractivity contribution < 1.29 is 0 Å². The van der Waals surface area contributed by atoms with Crippen LogP contribution in [0.25, 0.3) is 6.08 Å². The Morgan fingerprint density at radius 1 is 1.26 bits per heavy atom. The van der Waals surface area contributed by atoms with Crippen molar-refractivity contribution in [3.63, 3.8) is 0 Å². The Hall–Kier alpha value is -1.62. The molecule has 0 aliphatic carbocycles. The zero-order valence-electron chi connectivity index (χ0n) is 12.8. The number of rotatable bonds is 4. The molecule has 0 aromatic carbocycles. The smallest absolute Gasteiger partial charge is 0.317 e. The molecule has 0 amide bonds. The summed E-state index contributed by atoms with van der Waals surface area (Å²) in [6.07, 6.45) is 5.82. The van der Waals surface area contributed by atoms with E-state index in [9.17, 15) is 9.59 Å². The summed E-state index contributed by atoms with van der Waals surface area (Å²) in [4.78, 5) is 26.5. The van der Waals surface area contributed by atoms with Gasteiger partial charge in [-0.15, -0.1) is 0 Å². The lowest BCUT2D eigenvalue weighted by atomic mass is 10.2. The van der Waals surface area contributed by atoms with Crippen LogP contribution in [0.1, 0.15) is 46.6 Å². The monoisotopic (exact) mass is 269 g/mol. The fraction of sp³-hybridized carbons (Fsp3) is 0.571. The van der Waals surface area contributed by atoms with E-state index in [4.69, 9.17) is 0 Å². The van der Waals surface area contributed by atoms with Gasteiger partial charge in [0, 0.05) is 12.2 Å². The first-order chi connectivity index (χ1) is 9.13. The van der Waals surface area contributed by atoms with Crippen LogP contribution in [0.4, 0.5) is 0 Å². The lowest BCUT2D eigenvalue weighted by Gasteiger charge is -2.04. The van der Waals surface area contributed by atoms with E-state index in [1.807, 2.05) is 47.7 Å². The zero-order chi connectivity index (χ0) is 15.3. The number of H-pyrrole nitrogens is 2. The molecule has 5 nitrogen and oxygen atoms in total. The Bertz CT molecular complexity index is 446. The van der Waals surface area contributed by atoms with Gasteiger partial charge in [-0.1, -0.05) is 39.8 Å². The van der Waals surface area contributed by atoms with Gasteiger partial charge >= 0.3 is 5.69 Å². The highest BCUT2D eigenvalue weighted by atomic mass is 16.2. The van der Waals surface area contributed by atoms with Crippen molar-refractivity contribution in [1.29, 1.82) is 0 Å². The average molecular weight is 269 g/mol. The second-order valence-electron chi connectivity index (χ2n) is 3.36. The molecule has 1 aromatic rings. The largest absolute Gasteiger partial charge is 0.325 e. The average Bonchev–Trinajstić information content (AvgIpc) is 2.45. The molecule has 0 fully saturated rings. The van der Waals surface area contributed by atoms with Gasteiger partial charge in [-0.2, -0.15) is 0 Å². The van der Waals surface area contributed by atoms with E-state index in [1.54, 1.807) is 6.08 Å². The second kappa shape index (κ2) is 12.8. The fourth-order valence-corrected chi connectivity index (χ4v) is 1.06. The van der Waals surface area contributed by atoms with Crippen LogP contribution in [-0.4, -0.2) is 23.1 Å². The van der Waals surface area contributed by atoms with Crippen LogP contribution < -0.4 is 16.6 Å². The molecule has 0 aliphatic heterocycles. The van der Waals surface area contributed by atoms with E-state index in [0.29, 0.717) is 11.6 Å². The van der Waals surface area contributed by atoms with Gasteiger partial charge in [0.1, 0.15) is 0 Å². The molecule has 5 heteroatoms. The molecule has 0 radical (unpaired) electrons. The van der Waals surface area contributed by atoms with Gasteiger partial charge in [0.2, 0.25) is 0 Å². The van der Waals surface area contributed by atoms with Crippen molar-refractivity contribution in [2.45, 2.75) is 47.1 Å². The molecule has 0 saturated carbocycles. The van der Waals surface area contributed by atoms with Crippen molar-refractivity contribution in [3.05, 3.63) is 38.7 Å². The van der Waals surface area contributed by atoms with Crippen LogP contribution >= 0.6 is 0 Å². The first-order valence-electron chi connectivity index (χ1n) is 6.79. The topological polar surface area (TPSA) is 77.8 Å². The Morgan fingerprint density at radius 2 is 1.84 bits per heavy atom. The molecule has 1 unspecified atom stereocenters. The SMILES string of the molecule is CC.CC.CNC(C)C/C=C/c1c[nH]c(=O)[nH]c1=O. The number of nitrogens with one attached hydrogen (secondary N) is 3. The standard InChI is InChI=1S/C10H15N3O2.2C2H6/c1-7(11-2)4-3-5-8-6-12-10(15)13-9(8)14;2*1-2/h3,5-7,11H,4H2,1-2H3,(H2,12,13,14,15);2*1-2H3/b5-3+;;. The van der Waals surface area contributed by atoms with Crippen LogP contribution in [0.15, 0.2) is 21.9 Å². The minimum absolute atomic E-state index is 0.364. The summed E-state index contributed by atoms with van der Waals surface area (Å²) >= 11 is 0. The maximum absolute atomic E-state index is 11.2. The molecule has 19 heavy (non-hydrogen) atoms. The molecule has 1 atom stereocenters. The van der Waals surface area contributed by atoms with Gasteiger partial charge in [-0.25, -0.2) is 4.79 Å². The predicted molar refractivity (Wildman–Crippen MR) is 82.6 cm³/mol. The second-order valence-corrected chi connectivity index (χ2v) is 3.36. The third-order valence-corrected chi connectivity index (χ3v) is 2.13. The molecule has 110 valence electrons. The first kappa shape index (κ1) is 19.7. The predicted octanol–water partition coefficient (Wildman–Crippen LogP) is 2.13. The van der Waals surface area contributed by atoms with Crippen molar-refractivity contribution in [3.8, 4) is 0 Å². The maximum Gasteiger partial charge on any atom is 0.325 e. The molecule has 0 aliphatic rings. The van der Waals surface area contributed by atoms with Gasteiger partial charge < -0.3 is 10.3 Å². The van der Waals surface area contributed by atoms with E-state index in [0.717, 1.165) is 6.42 Å². The van der Waals surface area contributed by atoms with Gasteiger partial charge in [0.05, 0.1) is 5.56 Å². The van der Waals surface area contributed by atoms with Gasteiger partial charge in [-0.05, 0) is 20.4 Å². The normalized spacial score (nSPS) is 11.1. The molecule has 1 rings (SSSR count). The molecular formula is C14H27N3O2. The summed E-state index contributed by atoms with van der Waals surface area (Å²) in [5, 5.41) is 3.08. The van der Waals surface area contributed by atoms with Crippen molar-refractivity contribution in [2.75, 3.05) is 7.05 Å².